The van der Waals surface area contributed by atoms with Crippen molar-refractivity contribution in [2.75, 3.05) is 11.9 Å². The molecule has 0 bridgehead atoms. The Kier molecular flexibility index (Phi) is 6.39. The molecule has 138 valence electrons. The van der Waals surface area contributed by atoms with Gasteiger partial charge in [-0.25, -0.2) is 9.37 Å². The summed E-state index contributed by atoms with van der Waals surface area (Å²) >= 11 is 5.97. The van der Waals surface area contributed by atoms with E-state index >= 15 is 0 Å². The number of hydrogen-bond donors (Lipinski definition) is 2. The number of pyridine rings is 1. The molecular weight excluding hydrogens is 365 g/mol. The number of halogens is 2. The predicted octanol–water partition coefficient (Wildman–Crippen LogP) is 4.46. The number of benzene rings is 2. The number of amides is 1. The van der Waals surface area contributed by atoms with Gasteiger partial charge >= 0.3 is 0 Å². The largest absolute Gasteiger partial charge is 0.370 e. The van der Waals surface area contributed by atoms with Gasteiger partial charge in [-0.3, -0.25) is 4.79 Å². The van der Waals surface area contributed by atoms with Crippen LogP contribution in [-0.2, 0) is 13.0 Å². The molecule has 4 nitrogen and oxygen atoms in total. The molecular formula is C21H19ClFN3O. The lowest BCUT2D eigenvalue weighted by Gasteiger charge is -2.08. The zero-order valence-corrected chi connectivity index (χ0v) is 15.3. The number of anilines is 1. The minimum absolute atomic E-state index is 0.130. The van der Waals surface area contributed by atoms with Gasteiger partial charge in [0.2, 0.25) is 0 Å². The molecule has 0 unspecified atom stereocenters. The maximum Gasteiger partial charge on any atom is 0.253 e. The molecule has 3 aromatic rings. The number of carbonyl (C=O) groups excluding carboxylic acids is 1. The molecule has 1 heterocycles. The third-order valence-electron chi connectivity index (χ3n) is 4.03. The van der Waals surface area contributed by atoms with Crippen molar-refractivity contribution < 1.29 is 9.18 Å². The summed E-state index contributed by atoms with van der Waals surface area (Å²) in [6, 6.07) is 17.5. The fourth-order valence-electron chi connectivity index (χ4n) is 2.58. The topological polar surface area (TPSA) is 54.0 Å². The molecule has 0 atom stereocenters. The van der Waals surface area contributed by atoms with Crippen LogP contribution in [0.3, 0.4) is 0 Å². The summed E-state index contributed by atoms with van der Waals surface area (Å²) in [5.41, 5.74) is 2.00. The van der Waals surface area contributed by atoms with E-state index in [0.717, 1.165) is 17.0 Å². The highest BCUT2D eigenvalue weighted by molar-refractivity contribution is 6.30. The molecule has 3 rings (SSSR count). The SMILES string of the molecule is O=C(NCc1ccccc1F)c1ccc(NCCc2cccc(Cl)c2)nc1. The average molecular weight is 384 g/mol. The van der Waals surface area contributed by atoms with E-state index in [4.69, 9.17) is 11.6 Å². The van der Waals surface area contributed by atoms with Crippen molar-refractivity contribution in [2.24, 2.45) is 0 Å². The van der Waals surface area contributed by atoms with E-state index in [1.54, 1.807) is 30.3 Å². The summed E-state index contributed by atoms with van der Waals surface area (Å²) < 4.78 is 13.6. The van der Waals surface area contributed by atoms with Crippen molar-refractivity contribution in [1.82, 2.24) is 10.3 Å². The maximum atomic E-state index is 13.6. The summed E-state index contributed by atoms with van der Waals surface area (Å²) in [5, 5.41) is 6.62. The molecule has 0 aliphatic rings. The second-order valence-corrected chi connectivity index (χ2v) is 6.45. The molecule has 0 spiro atoms. The number of hydrogen-bond acceptors (Lipinski definition) is 3. The smallest absolute Gasteiger partial charge is 0.253 e. The molecule has 0 fully saturated rings. The van der Waals surface area contributed by atoms with Gasteiger partial charge in [0.05, 0.1) is 5.56 Å². The molecule has 0 saturated carbocycles. The van der Waals surface area contributed by atoms with Crippen LogP contribution in [0.15, 0.2) is 66.9 Å². The monoisotopic (exact) mass is 383 g/mol. The predicted molar refractivity (Wildman–Crippen MR) is 105 cm³/mol. The normalized spacial score (nSPS) is 10.4. The molecule has 6 heteroatoms. The summed E-state index contributed by atoms with van der Waals surface area (Å²) in [6.07, 6.45) is 2.31. The van der Waals surface area contributed by atoms with Crippen LogP contribution in [-0.4, -0.2) is 17.4 Å². The molecule has 0 radical (unpaired) electrons. The Morgan fingerprint density at radius 3 is 2.67 bits per heavy atom. The molecule has 2 aromatic carbocycles. The average Bonchev–Trinajstić information content (AvgIpc) is 2.68. The Bertz CT molecular complexity index is 915. The zero-order valence-electron chi connectivity index (χ0n) is 14.6. The van der Waals surface area contributed by atoms with E-state index < -0.39 is 0 Å². The van der Waals surface area contributed by atoms with Gasteiger partial charge in [-0.05, 0) is 42.3 Å². The quantitative estimate of drug-likeness (QED) is 0.633. The van der Waals surface area contributed by atoms with Gasteiger partial charge < -0.3 is 10.6 Å². The third kappa shape index (κ3) is 5.53. The molecule has 1 amide bonds. The van der Waals surface area contributed by atoms with Crippen LogP contribution in [0.1, 0.15) is 21.5 Å². The standard InChI is InChI=1S/C21H19ClFN3O/c22-18-6-3-4-15(12-18)10-11-24-20-9-8-17(14-25-20)21(27)26-13-16-5-1-2-7-19(16)23/h1-9,12,14H,10-11,13H2,(H,24,25)(H,26,27). The number of nitrogens with zero attached hydrogens (tertiary/aromatic N) is 1. The zero-order chi connectivity index (χ0) is 19.1. The minimum Gasteiger partial charge on any atom is -0.370 e. The summed E-state index contributed by atoms with van der Waals surface area (Å²) in [5.74, 6) is 0.0501. The van der Waals surface area contributed by atoms with E-state index in [0.29, 0.717) is 23.5 Å². The van der Waals surface area contributed by atoms with Crippen molar-refractivity contribution in [3.63, 3.8) is 0 Å². The van der Waals surface area contributed by atoms with Crippen LogP contribution < -0.4 is 10.6 Å². The first-order valence-corrected chi connectivity index (χ1v) is 8.95. The fraction of sp³-hybridized carbons (Fsp3) is 0.143. The second kappa shape index (κ2) is 9.14. The lowest BCUT2D eigenvalue weighted by atomic mass is 10.1. The van der Waals surface area contributed by atoms with Crippen LogP contribution in [0.2, 0.25) is 5.02 Å². The number of carbonyl (C=O) groups is 1. The third-order valence-corrected chi connectivity index (χ3v) is 4.27. The van der Waals surface area contributed by atoms with Gasteiger partial charge in [0.25, 0.3) is 5.91 Å². The van der Waals surface area contributed by atoms with Crippen LogP contribution in [0.4, 0.5) is 10.2 Å². The van der Waals surface area contributed by atoms with Crippen molar-refractivity contribution in [3.8, 4) is 0 Å². The highest BCUT2D eigenvalue weighted by Crippen LogP contribution is 2.12. The molecule has 2 N–H and O–H groups in total. The van der Waals surface area contributed by atoms with Crippen molar-refractivity contribution in [1.29, 1.82) is 0 Å². The van der Waals surface area contributed by atoms with E-state index in [1.807, 2.05) is 24.3 Å². The molecule has 27 heavy (non-hydrogen) atoms. The van der Waals surface area contributed by atoms with Crippen LogP contribution in [0.5, 0.6) is 0 Å². The molecule has 0 saturated heterocycles. The summed E-state index contributed by atoms with van der Waals surface area (Å²) in [6.45, 7) is 0.831. The minimum atomic E-state index is -0.338. The summed E-state index contributed by atoms with van der Waals surface area (Å²) in [4.78, 5) is 16.4. The molecule has 0 aliphatic heterocycles. The van der Waals surface area contributed by atoms with Crippen molar-refractivity contribution in [3.05, 3.63) is 94.4 Å². The molecule has 0 aliphatic carbocycles. The lowest BCUT2D eigenvalue weighted by Crippen LogP contribution is -2.23. The highest BCUT2D eigenvalue weighted by atomic mass is 35.5. The number of aromatic nitrogens is 1. The molecule has 1 aromatic heterocycles. The van der Waals surface area contributed by atoms with Crippen molar-refractivity contribution >= 4 is 23.3 Å². The first-order valence-electron chi connectivity index (χ1n) is 8.58. The fourth-order valence-corrected chi connectivity index (χ4v) is 2.79. The number of rotatable bonds is 7. The Morgan fingerprint density at radius 2 is 1.93 bits per heavy atom. The van der Waals surface area contributed by atoms with E-state index in [1.165, 1.54) is 12.3 Å². The van der Waals surface area contributed by atoms with Crippen molar-refractivity contribution in [2.45, 2.75) is 13.0 Å². The van der Waals surface area contributed by atoms with Gasteiger partial charge in [-0.2, -0.15) is 0 Å². The van der Waals surface area contributed by atoms with Crippen LogP contribution >= 0.6 is 11.6 Å². The summed E-state index contributed by atoms with van der Waals surface area (Å²) in [7, 11) is 0. The van der Waals surface area contributed by atoms with E-state index in [2.05, 4.69) is 15.6 Å². The maximum absolute atomic E-state index is 13.6. The van der Waals surface area contributed by atoms with E-state index in [-0.39, 0.29) is 18.3 Å². The van der Waals surface area contributed by atoms with E-state index in [9.17, 15) is 9.18 Å². The Morgan fingerprint density at radius 1 is 1.07 bits per heavy atom. The van der Waals surface area contributed by atoms with Gasteiger partial charge in [0, 0.05) is 29.9 Å². The van der Waals surface area contributed by atoms with Gasteiger partial charge in [-0.1, -0.05) is 41.9 Å². The van der Waals surface area contributed by atoms with Crippen LogP contribution in [0, 0.1) is 5.82 Å². The van der Waals surface area contributed by atoms with Gasteiger partial charge in [0.15, 0.2) is 0 Å². The van der Waals surface area contributed by atoms with Gasteiger partial charge in [-0.15, -0.1) is 0 Å². The Labute approximate surface area is 162 Å². The first kappa shape index (κ1) is 18.9. The Hall–Kier alpha value is -2.92. The number of nitrogens with one attached hydrogen (secondary N) is 2. The van der Waals surface area contributed by atoms with Gasteiger partial charge in [0.1, 0.15) is 11.6 Å². The van der Waals surface area contributed by atoms with Crippen LogP contribution in [0.25, 0.3) is 0 Å². The first-order chi connectivity index (χ1) is 13.1. The Balaban J connectivity index is 1.49. The lowest BCUT2D eigenvalue weighted by molar-refractivity contribution is 0.0950. The second-order valence-electron chi connectivity index (χ2n) is 6.01. The highest BCUT2D eigenvalue weighted by Gasteiger charge is 2.08.